The van der Waals surface area contributed by atoms with Crippen molar-refractivity contribution in [3.63, 3.8) is 0 Å². The van der Waals surface area contributed by atoms with Gasteiger partial charge in [-0.3, -0.25) is 9.59 Å². The summed E-state index contributed by atoms with van der Waals surface area (Å²) in [4.78, 5) is 28.7. The molecule has 0 aliphatic carbocycles. The summed E-state index contributed by atoms with van der Waals surface area (Å²) in [6.07, 6.45) is 5.68. The van der Waals surface area contributed by atoms with Crippen LogP contribution in [0.1, 0.15) is 34.3 Å². The Hall–Kier alpha value is -2.47. The van der Waals surface area contributed by atoms with Crippen LogP contribution in [-0.4, -0.2) is 24.0 Å². The van der Waals surface area contributed by atoms with Gasteiger partial charge in [-0.15, -0.1) is 11.3 Å². The Morgan fingerprint density at radius 3 is 2.71 bits per heavy atom. The van der Waals surface area contributed by atoms with Crippen LogP contribution in [0, 0.1) is 6.92 Å². The van der Waals surface area contributed by atoms with Crippen molar-refractivity contribution in [2.24, 2.45) is 0 Å². The summed E-state index contributed by atoms with van der Waals surface area (Å²) >= 11 is 1.52. The van der Waals surface area contributed by atoms with E-state index < -0.39 is 0 Å². The van der Waals surface area contributed by atoms with Crippen LogP contribution in [0.2, 0.25) is 0 Å². The maximum absolute atomic E-state index is 12.2. The maximum atomic E-state index is 12.2. The zero-order valence-corrected chi connectivity index (χ0v) is 14.5. The van der Waals surface area contributed by atoms with Crippen molar-refractivity contribution in [1.82, 2.24) is 10.3 Å². The van der Waals surface area contributed by atoms with Crippen molar-refractivity contribution < 1.29 is 14.3 Å². The molecular weight excluding hydrogens is 324 g/mol. The number of carbonyl (C=O) groups is 2. The highest BCUT2D eigenvalue weighted by Gasteiger charge is 2.15. The molecule has 0 saturated carbocycles. The first kappa shape index (κ1) is 17.9. The summed E-state index contributed by atoms with van der Waals surface area (Å²) in [7, 11) is 1.36. The number of nitrogens with zero attached hydrogens (tertiary/aromatic N) is 1. The van der Waals surface area contributed by atoms with Gasteiger partial charge in [0, 0.05) is 23.6 Å². The summed E-state index contributed by atoms with van der Waals surface area (Å²) in [6.45, 7) is 1.92. The molecule has 5 nitrogen and oxygen atoms in total. The van der Waals surface area contributed by atoms with E-state index in [2.05, 4.69) is 15.0 Å². The second kappa shape index (κ2) is 8.98. The number of aromatic nitrogens is 1. The topological polar surface area (TPSA) is 68.3 Å². The van der Waals surface area contributed by atoms with E-state index in [4.69, 9.17) is 0 Å². The second-order valence-electron chi connectivity index (χ2n) is 5.20. The lowest BCUT2D eigenvalue weighted by Gasteiger charge is -2.17. The number of hydrogen-bond donors (Lipinski definition) is 1. The average molecular weight is 344 g/mol. The van der Waals surface area contributed by atoms with Gasteiger partial charge in [0.1, 0.15) is 0 Å². The van der Waals surface area contributed by atoms with Gasteiger partial charge in [0.15, 0.2) is 0 Å². The van der Waals surface area contributed by atoms with E-state index in [0.717, 1.165) is 15.4 Å². The first-order valence-corrected chi connectivity index (χ1v) is 8.43. The third kappa shape index (κ3) is 5.62. The first-order valence-electron chi connectivity index (χ1n) is 7.61. The fraction of sp³-hybridized carbons (Fsp3) is 0.278. The van der Waals surface area contributed by atoms with Gasteiger partial charge < -0.3 is 10.1 Å². The molecule has 0 spiro atoms. The van der Waals surface area contributed by atoms with E-state index in [1.54, 1.807) is 12.3 Å². The van der Waals surface area contributed by atoms with Gasteiger partial charge in [0.25, 0.3) is 0 Å². The molecule has 0 aliphatic rings. The van der Waals surface area contributed by atoms with Gasteiger partial charge in [-0.05, 0) is 25.0 Å². The number of methoxy groups -OCH3 is 1. The predicted octanol–water partition coefficient (Wildman–Crippen LogP) is 3.28. The lowest BCUT2D eigenvalue weighted by atomic mass is 10.0. The minimum atomic E-state index is -0.291. The molecule has 1 atom stereocenters. The molecule has 6 heteroatoms. The molecule has 0 radical (unpaired) electrons. The summed E-state index contributed by atoms with van der Waals surface area (Å²) in [5.74, 6) is -0.499. The van der Waals surface area contributed by atoms with Crippen LogP contribution >= 0.6 is 11.3 Å². The molecule has 2 aromatic rings. The van der Waals surface area contributed by atoms with Gasteiger partial charge >= 0.3 is 5.97 Å². The van der Waals surface area contributed by atoms with Crippen LogP contribution < -0.4 is 5.32 Å². The number of rotatable bonds is 7. The van der Waals surface area contributed by atoms with Crippen LogP contribution in [0.3, 0.4) is 0 Å². The molecule has 1 amide bonds. The summed E-state index contributed by atoms with van der Waals surface area (Å²) < 4.78 is 4.68. The number of amides is 1. The molecule has 1 N–H and O–H groups in total. The largest absolute Gasteiger partial charge is 0.469 e. The van der Waals surface area contributed by atoms with Gasteiger partial charge in [-0.25, -0.2) is 4.98 Å². The van der Waals surface area contributed by atoms with Crippen LogP contribution in [0.25, 0.3) is 6.08 Å². The lowest BCUT2D eigenvalue weighted by Crippen LogP contribution is -2.27. The number of thiazole rings is 1. The first-order chi connectivity index (χ1) is 11.6. The third-order valence-electron chi connectivity index (χ3n) is 3.42. The zero-order valence-electron chi connectivity index (χ0n) is 13.7. The number of esters is 1. The highest BCUT2D eigenvalue weighted by molar-refractivity contribution is 7.12. The third-order valence-corrected chi connectivity index (χ3v) is 4.30. The summed E-state index contributed by atoms with van der Waals surface area (Å²) in [6, 6.07) is 9.34. The Labute approximate surface area is 145 Å². The Balaban J connectivity index is 2.02. The van der Waals surface area contributed by atoms with Gasteiger partial charge in [-0.2, -0.15) is 0 Å². The maximum Gasteiger partial charge on any atom is 0.305 e. The van der Waals surface area contributed by atoms with Gasteiger partial charge in [0.2, 0.25) is 5.91 Å². The Bertz CT molecular complexity index is 710. The Morgan fingerprint density at radius 1 is 1.33 bits per heavy atom. The number of carbonyl (C=O) groups excluding carboxylic acids is 2. The van der Waals surface area contributed by atoms with Crippen molar-refractivity contribution in [3.8, 4) is 0 Å². The van der Waals surface area contributed by atoms with Crippen molar-refractivity contribution in [2.45, 2.75) is 25.8 Å². The molecule has 1 aromatic heterocycles. The van der Waals surface area contributed by atoms with E-state index >= 15 is 0 Å². The number of nitrogens with one attached hydrogen (secondary N) is 1. The van der Waals surface area contributed by atoms with Gasteiger partial charge in [-0.1, -0.05) is 30.3 Å². The molecular formula is C18H20N2O3S. The normalized spacial score (nSPS) is 12.1. The van der Waals surface area contributed by atoms with E-state index in [1.165, 1.54) is 24.5 Å². The molecule has 2 rings (SSSR count). The standard InChI is InChI=1S/C18H20N2O3S/c1-13-19-12-15(24-13)8-10-17(21)20-16(9-11-18(22)23-2)14-6-4-3-5-7-14/h3-8,10,12,16H,9,11H2,1-2H3,(H,20,21)/b10-8-/t16-/m1/s1. The molecule has 0 aliphatic heterocycles. The molecule has 0 bridgehead atoms. The monoisotopic (exact) mass is 344 g/mol. The van der Waals surface area contributed by atoms with E-state index in [9.17, 15) is 9.59 Å². The smallest absolute Gasteiger partial charge is 0.305 e. The van der Waals surface area contributed by atoms with Crippen molar-refractivity contribution in [3.05, 3.63) is 58.1 Å². The van der Waals surface area contributed by atoms with E-state index in [1.807, 2.05) is 37.3 Å². The van der Waals surface area contributed by atoms with Gasteiger partial charge in [0.05, 0.1) is 18.2 Å². The quantitative estimate of drug-likeness (QED) is 0.618. The number of benzene rings is 1. The van der Waals surface area contributed by atoms with E-state index in [-0.39, 0.29) is 24.3 Å². The summed E-state index contributed by atoms with van der Waals surface area (Å²) in [5.41, 5.74) is 0.955. The highest BCUT2D eigenvalue weighted by Crippen LogP contribution is 2.19. The minimum Gasteiger partial charge on any atom is -0.469 e. The van der Waals surface area contributed by atoms with Crippen molar-refractivity contribution in [2.75, 3.05) is 7.11 Å². The van der Waals surface area contributed by atoms with Crippen LogP contribution in [0.15, 0.2) is 42.6 Å². The number of hydrogen-bond acceptors (Lipinski definition) is 5. The molecule has 0 fully saturated rings. The zero-order chi connectivity index (χ0) is 17.4. The molecule has 0 saturated heterocycles. The van der Waals surface area contributed by atoms with E-state index in [0.29, 0.717) is 6.42 Å². The SMILES string of the molecule is COC(=O)CC[C@@H](NC(=O)/C=C\c1cnc(C)s1)c1ccccc1. The van der Waals surface area contributed by atoms with Crippen LogP contribution in [0.5, 0.6) is 0 Å². The van der Waals surface area contributed by atoms with Crippen molar-refractivity contribution in [1.29, 1.82) is 0 Å². The molecule has 1 aromatic carbocycles. The predicted molar refractivity (Wildman–Crippen MR) is 94.5 cm³/mol. The minimum absolute atomic E-state index is 0.209. The Morgan fingerprint density at radius 2 is 2.08 bits per heavy atom. The average Bonchev–Trinajstić information content (AvgIpc) is 3.02. The fourth-order valence-electron chi connectivity index (χ4n) is 2.20. The fourth-order valence-corrected chi connectivity index (χ4v) is 2.89. The lowest BCUT2D eigenvalue weighted by molar-refractivity contribution is -0.141. The second-order valence-corrected chi connectivity index (χ2v) is 6.47. The molecule has 24 heavy (non-hydrogen) atoms. The molecule has 126 valence electrons. The van der Waals surface area contributed by atoms with Crippen LogP contribution in [-0.2, 0) is 14.3 Å². The molecule has 1 heterocycles. The summed E-state index contributed by atoms with van der Waals surface area (Å²) in [5, 5.41) is 3.89. The molecule has 0 unspecified atom stereocenters. The van der Waals surface area contributed by atoms with Crippen LogP contribution in [0.4, 0.5) is 0 Å². The number of ether oxygens (including phenoxy) is 1. The highest BCUT2D eigenvalue weighted by atomic mass is 32.1. The Kier molecular flexibility index (Phi) is 6.69. The van der Waals surface area contributed by atoms with Crippen molar-refractivity contribution >= 4 is 29.3 Å². The number of aryl methyl sites for hydroxylation is 1.